The lowest BCUT2D eigenvalue weighted by molar-refractivity contribution is -0.384. The van der Waals surface area contributed by atoms with Crippen LogP contribution >= 0.6 is 0 Å². The molecule has 11 heteroatoms. The number of hydrogen-bond donors (Lipinski definition) is 0. The monoisotopic (exact) mass is 459 g/mol. The van der Waals surface area contributed by atoms with Crippen LogP contribution in [0.2, 0.25) is 0 Å². The fraction of sp³-hybridized carbons (Fsp3) is 0.318. The van der Waals surface area contributed by atoms with Gasteiger partial charge in [0, 0.05) is 37.8 Å². The number of rotatable bonds is 3. The lowest BCUT2D eigenvalue weighted by Crippen LogP contribution is -2.49. The number of aromatic nitrogens is 2. The van der Waals surface area contributed by atoms with Gasteiger partial charge in [-0.2, -0.15) is 13.2 Å². The first-order chi connectivity index (χ1) is 15.5. The highest BCUT2D eigenvalue weighted by Gasteiger charge is 2.34. The van der Waals surface area contributed by atoms with E-state index in [4.69, 9.17) is 0 Å². The van der Waals surface area contributed by atoms with Gasteiger partial charge in [0.25, 0.3) is 11.6 Å². The number of aryl methyl sites for hydroxylation is 2. The van der Waals surface area contributed by atoms with Crippen molar-refractivity contribution >= 4 is 28.3 Å². The molecule has 3 aromatic rings. The van der Waals surface area contributed by atoms with Crippen LogP contribution in [0.25, 0.3) is 11.0 Å². The molecule has 0 bridgehead atoms. The first-order valence-corrected chi connectivity index (χ1v) is 10.2. The lowest BCUT2D eigenvalue weighted by atomic mass is 10.1. The molecule has 0 saturated carbocycles. The molecule has 1 fully saturated rings. The number of carbonyl (C=O) groups is 1. The van der Waals surface area contributed by atoms with E-state index in [1.54, 1.807) is 28.0 Å². The minimum Gasteiger partial charge on any atom is -0.362 e. The Labute approximate surface area is 186 Å². The van der Waals surface area contributed by atoms with Gasteiger partial charge in [-0.05, 0) is 44.2 Å². The Morgan fingerprint density at radius 2 is 1.61 bits per heavy atom. The van der Waals surface area contributed by atoms with E-state index in [-0.39, 0.29) is 37.8 Å². The number of benzene rings is 2. The number of anilines is 1. The number of halogens is 3. The molecule has 0 aliphatic carbocycles. The van der Waals surface area contributed by atoms with Crippen molar-refractivity contribution in [2.75, 3.05) is 31.1 Å². The van der Waals surface area contributed by atoms with E-state index >= 15 is 0 Å². The van der Waals surface area contributed by atoms with Crippen molar-refractivity contribution < 1.29 is 22.9 Å². The number of nitrogens with zero attached hydrogens (tertiary/aromatic N) is 5. The first-order valence-electron chi connectivity index (χ1n) is 10.2. The summed E-state index contributed by atoms with van der Waals surface area (Å²) in [7, 11) is 0. The molecule has 1 aliphatic rings. The Hall–Kier alpha value is -3.76. The quantitative estimate of drug-likeness (QED) is 0.432. The van der Waals surface area contributed by atoms with E-state index < -0.39 is 22.4 Å². The number of hydrogen-bond acceptors (Lipinski definition) is 6. The zero-order valence-corrected chi connectivity index (χ0v) is 17.9. The summed E-state index contributed by atoms with van der Waals surface area (Å²) in [6.07, 6.45) is -4.67. The van der Waals surface area contributed by atoms with E-state index in [1.807, 2.05) is 13.8 Å². The van der Waals surface area contributed by atoms with Crippen LogP contribution in [0.3, 0.4) is 0 Å². The third kappa shape index (κ3) is 4.43. The van der Waals surface area contributed by atoms with Crippen LogP contribution in [0, 0.1) is 24.0 Å². The third-order valence-corrected chi connectivity index (χ3v) is 5.73. The highest BCUT2D eigenvalue weighted by atomic mass is 19.4. The molecule has 2 heterocycles. The zero-order valence-electron chi connectivity index (χ0n) is 17.9. The van der Waals surface area contributed by atoms with E-state index in [0.29, 0.717) is 22.7 Å². The molecular formula is C22H20F3N5O3. The van der Waals surface area contributed by atoms with Gasteiger partial charge in [-0.25, -0.2) is 9.97 Å². The van der Waals surface area contributed by atoms with Crippen LogP contribution in [0.4, 0.5) is 24.5 Å². The summed E-state index contributed by atoms with van der Waals surface area (Å²) in [6.45, 7) is 4.76. The lowest BCUT2D eigenvalue weighted by Gasteiger charge is -2.36. The molecule has 0 N–H and O–H groups in total. The van der Waals surface area contributed by atoms with Crippen molar-refractivity contribution in [3.8, 4) is 0 Å². The molecule has 172 valence electrons. The van der Waals surface area contributed by atoms with Gasteiger partial charge in [0.05, 0.1) is 32.9 Å². The minimum atomic E-state index is -4.67. The average Bonchev–Trinajstić information content (AvgIpc) is 2.78. The van der Waals surface area contributed by atoms with Gasteiger partial charge in [0.1, 0.15) is 5.69 Å². The van der Waals surface area contributed by atoms with Crippen molar-refractivity contribution in [3.05, 3.63) is 69.0 Å². The van der Waals surface area contributed by atoms with Gasteiger partial charge >= 0.3 is 6.18 Å². The number of carbonyl (C=O) groups excluding carboxylic acids is 1. The number of piperazine rings is 1. The van der Waals surface area contributed by atoms with E-state index in [1.165, 1.54) is 0 Å². The number of nitro benzene ring substituents is 1. The summed E-state index contributed by atoms with van der Waals surface area (Å²) in [5, 5.41) is 11.4. The Kier molecular flexibility index (Phi) is 5.64. The molecule has 4 rings (SSSR count). The Morgan fingerprint density at radius 1 is 0.970 bits per heavy atom. The van der Waals surface area contributed by atoms with Crippen LogP contribution < -0.4 is 4.90 Å². The summed E-state index contributed by atoms with van der Waals surface area (Å²) >= 11 is 0. The second-order valence-corrected chi connectivity index (χ2v) is 7.84. The van der Waals surface area contributed by atoms with Crippen molar-refractivity contribution in [1.29, 1.82) is 0 Å². The highest BCUT2D eigenvalue weighted by molar-refractivity contribution is 5.97. The van der Waals surface area contributed by atoms with Gasteiger partial charge in [-0.3, -0.25) is 14.9 Å². The smallest absolute Gasteiger partial charge is 0.362 e. The third-order valence-electron chi connectivity index (χ3n) is 5.73. The number of amides is 1. The van der Waals surface area contributed by atoms with Gasteiger partial charge in [-0.1, -0.05) is 0 Å². The maximum Gasteiger partial charge on any atom is 0.416 e. The standard InChI is InChI=1S/C22H20F3N5O3/c1-13-14(2)27-18-11-15(3-5-17(18)26-13)21(31)29-9-7-28(8-10-29)19-6-4-16(22(23,24)25)12-20(19)30(32)33/h3-6,11-12H,7-10H2,1-2H3. The van der Waals surface area contributed by atoms with Crippen LogP contribution in [-0.4, -0.2) is 51.9 Å². The molecular weight excluding hydrogens is 439 g/mol. The largest absolute Gasteiger partial charge is 0.416 e. The molecule has 33 heavy (non-hydrogen) atoms. The van der Waals surface area contributed by atoms with Crippen LogP contribution in [-0.2, 0) is 6.18 Å². The normalized spacial score (nSPS) is 14.6. The van der Waals surface area contributed by atoms with Crippen LogP contribution in [0.5, 0.6) is 0 Å². The number of alkyl halides is 3. The SMILES string of the molecule is Cc1nc2ccc(C(=O)N3CCN(c4ccc(C(F)(F)F)cc4[N+](=O)[O-])CC3)cc2nc1C. The molecule has 2 aromatic carbocycles. The summed E-state index contributed by atoms with van der Waals surface area (Å²) in [4.78, 5) is 35.7. The fourth-order valence-corrected chi connectivity index (χ4v) is 3.81. The Balaban J connectivity index is 1.51. The van der Waals surface area contributed by atoms with Crippen LogP contribution in [0.1, 0.15) is 27.3 Å². The predicted octanol–water partition coefficient (Wildman–Crippen LogP) is 4.14. The van der Waals surface area contributed by atoms with E-state index in [2.05, 4.69) is 9.97 Å². The topological polar surface area (TPSA) is 92.5 Å². The molecule has 1 aromatic heterocycles. The molecule has 1 amide bonds. The summed E-state index contributed by atoms with van der Waals surface area (Å²) < 4.78 is 38.9. The Bertz CT molecular complexity index is 1250. The Morgan fingerprint density at radius 3 is 2.21 bits per heavy atom. The maximum atomic E-state index is 13.0. The molecule has 8 nitrogen and oxygen atoms in total. The fourth-order valence-electron chi connectivity index (χ4n) is 3.81. The van der Waals surface area contributed by atoms with Crippen LogP contribution in [0.15, 0.2) is 36.4 Å². The first kappa shape index (κ1) is 22.4. The van der Waals surface area contributed by atoms with E-state index in [9.17, 15) is 28.1 Å². The second kappa shape index (κ2) is 8.30. The van der Waals surface area contributed by atoms with Crippen molar-refractivity contribution in [1.82, 2.24) is 14.9 Å². The number of fused-ring (bicyclic) bond motifs is 1. The number of nitro groups is 1. The molecule has 1 aliphatic heterocycles. The molecule has 0 spiro atoms. The second-order valence-electron chi connectivity index (χ2n) is 7.84. The van der Waals surface area contributed by atoms with Crippen molar-refractivity contribution in [2.24, 2.45) is 0 Å². The highest BCUT2D eigenvalue weighted by Crippen LogP contribution is 2.36. The van der Waals surface area contributed by atoms with Gasteiger partial charge in [-0.15, -0.1) is 0 Å². The van der Waals surface area contributed by atoms with Gasteiger partial charge in [0.2, 0.25) is 0 Å². The average molecular weight is 459 g/mol. The molecule has 0 atom stereocenters. The molecule has 1 saturated heterocycles. The minimum absolute atomic E-state index is 0.104. The predicted molar refractivity (Wildman–Crippen MR) is 115 cm³/mol. The summed E-state index contributed by atoms with van der Waals surface area (Å²) in [5.41, 5.74) is 1.77. The van der Waals surface area contributed by atoms with Crippen molar-refractivity contribution in [2.45, 2.75) is 20.0 Å². The molecule has 0 unspecified atom stereocenters. The van der Waals surface area contributed by atoms with Crippen molar-refractivity contribution in [3.63, 3.8) is 0 Å². The zero-order chi connectivity index (χ0) is 23.9. The summed E-state index contributed by atoms with van der Waals surface area (Å²) in [5.74, 6) is -0.210. The molecule has 0 radical (unpaired) electrons. The van der Waals surface area contributed by atoms with E-state index in [0.717, 1.165) is 23.5 Å². The maximum absolute atomic E-state index is 13.0. The summed E-state index contributed by atoms with van der Waals surface area (Å²) in [6, 6.07) is 7.60. The van der Waals surface area contributed by atoms with Gasteiger partial charge < -0.3 is 9.80 Å². The van der Waals surface area contributed by atoms with Gasteiger partial charge in [0.15, 0.2) is 0 Å².